The standard InChI is InChI=1S/C8H4O2S/c9-7-5-3-1-2-4-6(5)8(10)11-7/h1-4H. The third-order valence-electron chi connectivity index (χ3n) is 1.55. The van der Waals surface area contributed by atoms with Crippen molar-refractivity contribution in [3.8, 4) is 0 Å². The van der Waals surface area contributed by atoms with Crippen LogP contribution < -0.4 is 0 Å². The van der Waals surface area contributed by atoms with Crippen LogP contribution in [0.2, 0.25) is 0 Å². The lowest BCUT2D eigenvalue weighted by molar-refractivity contribution is 0.108. The molecular weight excluding hydrogens is 160 g/mol. The van der Waals surface area contributed by atoms with Crippen molar-refractivity contribution >= 4 is 22.0 Å². The van der Waals surface area contributed by atoms with E-state index >= 15 is 0 Å². The number of thioether (sulfide) groups is 1. The SMILES string of the molecule is O=C1SC(=O)c2ccccc21. The van der Waals surface area contributed by atoms with Crippen LogP contribution in [0.3, 0.4) is 0 Å². The van der Waals surface area contributed by atoms with Crippen LogP contribution in [0.4, 0.5) is 0 Å². The van der Waals surface area contributed by atoms with Gasteiger partial charge in [-0.1, -0.05) is 12.1 Å². The Hall–Kier alpha value is -1.09. The number of carbonyl (C=O) groups is 2. The van der Waals surface area contributed by atoms with Gasteiger partial charge in [0.2, 0.25) is 10.2 Å². The Morgan fingerprint density at radius 3 is 1.82 bits per heavy atom. The second-order valence-electron chi connectivity index (χ2n) is 2.22. The summed E-state index contributed by atoms with van der Waals surface area (Å²) >= 11 is 0.771. The lowest BCUT2D eigenvalue weighted by Crippen LogP contribution is -1.87. The van der Waals surface area contributed by atoms with E-state index in [1.165, 1.54) is 0 Å². The maximum atomic E-state index is 11.0. The van der Waals surface area contributed by atoms with Gasteiger partial charge in [0.05, 0.1) is 0 Å². The van der Waals surface area contributed by atoms with E-state index in [9.17, 15) is 9.59 Å². The maximum absolute atomic E-state index is 11.0. The highest BCUT2D eigenvalue weighted by atomic mass is 32.2. The van der Waals surface area contributed by atoms with E-state index in [4.69, 9.17) is 0 Å². The second-order valence-corrected chi connectivity index (χ2v) is 3.17. The van der Waals surface area contributed by atoms with Crippen LogP contribution in [0.15, 0.2) is 24.3 Å². The van der Waals surface area contributed by atoms with Crippen LogP contribution >= 0.6 is 11.8 Å². The van der Waals surface area contributed by atoms with Crippen molar-refractivity contribution < 1.29 is 9.59 Å². The fourth-order valence-electron chi connectivity index (χ4n) is 1.03. The molecule has 1 aromatic carbocycles. The summed E-state index contributed by atoms with van der Waals surface area (Å²) in [5.41, 5.74) is 1.09. The van der Waals surface area contributed by atoms with Gasteiger partial charge in [0.25, 0.3) is 0 Å². The number of hydrogen-bond donors (Lipinski definition) is 0. The van der Waals surface area contributed by atoms with Crippen molar-refractivity contribution in [3.05, 3.63) is 35.4 Å². The van der Waals surface area contributed by atoms with Gasteiger partial charge in [-0.2, -0.15) is 0 Å². The summed E-state index contributed by atoms with van der Waals surface area (Å²) < 4.78 is 0. The molecule has 0 saturated carbocycles. The predicted molar refractivity (Wildman–Crippen MR) is 42.7 cm³/mol. The molecule has 0 spiro atoms. The van der Waals surface area contributed by atoms with Gasteiger partial charge in [-0.15, -0.1) is 0 Å². The Morgan fingerprint density at radius 1 is 0.909 bits per heavy atom. The summed E-state index contributed by atoms with van der Waals surface area (Å²) in [4.78, 5) is 22.0. The smallest absolute Gasteiger partial charge is 0.227 e. The molecule has 2 nitrogen and oxygen atoms in total. The van der Waals surface area contributed by atoms with E-state index in [2.05, 4.69) is 0 Å². The molecule has 0 aliphatic carbocycles. The summed E-state index contributed by atoms with van der Waals surface area (Å²) in [7, 11) is 0. The summed E-state index contributed by atoms with van der Waals surface area (Å²) in [6, 6.07) is 6.87. The fourth-order valence-corrected chi connectivity index (χ4v) is 1.78. The largest absolute Gasteiger partial charge is 0.281 e. The lowest BCUT2D eigenvalue weighted by Gasteiger charge is -1.89. The van der Waals surface area contributed by atoms with Gasteiger partial charge >= 0.3 is 0 Å². The van der Waals surface area contributed by atoms with Crippen molar-refractivity contribution in [1.82, 2.24) is 0 Å². The van der Waals surface area contributed by atoms with Crippen LogP contribution in [0.1, 0.15) is 20.7 Å². The van der Waals surface area contributed by atoms with E-state index in [-0.39, 0.29) is 10.2 Å². The third kappa shape index (κ3) is 0.886. The van der Waals surface area contributed by atoms with Crippen LogP contribution in [0.5, 0.6) is 0 Å². The zero-order valence-electron chi connectivity index (χ0n) is 5.53. The van der Waals surface area contributed by atoms with Crippen molar-refractivity contribution in [2.45, 2.75) is 0 Å². The van der Waals surface area contributed by atoms with Gasteiger partial charge in [0.1, 0.15) is 0 Å². The van der Waals surface area contributed by atoms with Crippen molar-refractivity contribution in [1.29, 1.82) is 0 Å². The van der Waals surface area contributed by atoms with E-state index in [1.54, 1.807) is 24.3 Å². The molecule has 2 rings (SSSR count). The van der Waals surface area contributed by atoms with Gasteiger partial charge in [-0.3, -0.25) is 9.59 Å². The van der Waals surface area contributed by atoms with Gasteiger partial charge in [0.15, 0.2) is 0 Å². The topological polar surface area (TPSA) is 34.1 Å². The second kappa shape index (κ2) is 2.20. The Kier molecular flexibility index (Phi) is 1.32. The Balaban J connectivity index is 2.69. The van der Waals surface area contributed by atoms with Crippen LogP contribution in [-0.2, 0) is 0 Å². The van der Waals surface area contributed by atoms with Crippen molar-refractivity contribution in [2.75, 3.05) is 0 Å². The molecule has 0 saturated heterocycles. The number of fused-ring (bicyclic) bond motifs is 1. The molecular formula is C8H4O2S. The molecule has 3 heteroatoms. The molecule has 0 radical (unpaired) electrons. The minimum atomic E-state index is -0.134. The van der Waals surface area contributed by atoms with Gasteiger partial charge in [0, 0.05) is 11.1 Å². The minimum Gasteiger partial charge on any atom is -0.281 e. The monoisotopic (exact) mass is 164 g/mol. The molecule has 0 amide bonds. The summed E-state index contributed by atoms with van der Waals surface area (Å²) in [5.74, 6) is 0. The van der Waals surface area contributed by atoms with Crippen molar-refractivity contribution in [2.24, 2.45) is 0 Å². The maximum Gasteiger partial charge on any atom is 0.227 e. The molecule has 0 aromatic heterocycles. The molecule has 54 valence electrons. The Morgan fingerprint density at radius 2 is 1.36 bits per heavy atom. The van der Waals surface area contributed by atoms with Gasteiger partial charge in [-0.05, 0) is 23.9 Å². The lowest BCUT2D eigenvalue weighted by atomic mass is 10.1. The molecule has 1 heterocycles. The fraction of sp³-hybridized carbons (Fsp3) is 0. The number of rotatable bonds is 0. The Labute approximate surface area is 67.6 Å². The normalized spacial score (nSPS) is 15.3. The molecule has 11 heavy (non-hydrogen) atoms. The summed E-state index contributed by atoms with van der Waals surface area (Å²) in [6.07, 6.45) is 0. The predicted octanol–water partition coefficient (Wildman–Crippen LogP) is 1.71. The molecule has 0 bridgehead atoms. The molecule has 1 aliphatic rings. The minimum absolute atomic E-state index is 0.134. The molecule has 1 aromatic rings. The molecule has 0 unspecified atom stereocenters. The zero-order chi connectivity index (χ0) is 7.84. The molecule has 0 N–H and O–H groups in total. The number of carbonyl (C=O) groups excluding carboxylic acids is 2. The van der Waals surface area contributed by atoms with Crippen molar-refractivity contribution in [3.63, 3.8) is 0 Å². The average Bonchev–Trinajstić information content (AvgIpc) is 2.30. The summed E-state index contributed by atoms with van der Waals surface area (Å²) in [6.45, 7) is 0. The van der Waals surface area contributed by atoms with Crippen LogP contribution in [0, 0.1) is 0 Å². The first-order chi connectivity index (χ1) is 5.29. The summed E-state index contributed by atoms with van der Waals surface area (Å²) in [5, 5.41) is -0.267. The van der Waals surface area contributed by atoms with E-state index in [1.807, 2.05) is 0 Å². The highest BCUT2D eigenvalue weighted by Gasteiger charge is 2.27. The first kappa shape index (κ1) is 6.61. The highest BCUT2D eigenvalue weighted by Crippen LogP contribution is 2.28. The number of benzene rings is 1. The van der Waals surface area contributed by atoms with E-state index in [0.29, 0.717) is 11.1 Å². The molecule has 1 aliphatic heterocycles. The van der Waals surface area contributed by atoms with Gasteiger partial charge < -0.3 is 0 Å². The van der Waals surface area contributed by atoms with E-state index in [0.717, 1.165) is 11.8 Å². The van der Waals surface area contributed by atoms with E-state index < -0.39 is 0 Å². The number of hydrogen-bond acceptors (Lipinski definition) is 3. The first-order valence-electron chi connectivity index (χ1n) is 3.14. The van der Waals surface area contributed by atoms with Crippen LogP contribution in [0.25, 0.3) is 0 Å². The highest BCUT2D eigenvalue weighted by molar-refractivity contribution is 8.27. The third-order valence-corrected chi connectivity index (χ3v) is 2.36. The molecule has 0 atom stereocenters. The van der Waals surface area contributed by atoms with Crippen LogP contribution in [-0.4, -0.2) is 10.2 Å². The quantitative estimate of drug-likeness (QED) is 0.585. The zero-order valence-corrected chi connectivity index (χ0v) is 6.35. The molecule has 0 fully saturated rings. The Bertz CT molecular complexity index is 311. The average molecular weight is 164 g/mol. The van der Waals surface area contributed by atoms with Gasteiger partial charge in [-0.25, -0.2) is 0 Å². The first-order valence-corrected chi connectivity index (χ1v) is 3.96.